The monoisotopic (exact) mass is 317 g/mol. The van der Waals surface area contributed by atoms with E-state index in [1.54, 1.807) is 17.9 Å². The van der Waals surface area contributed by atoms with Gasteiger partial charge in [0.05, 0.1) is 6.04 Å². The molecule has 2 aromatic rings. The lowest BCUT2D eigenvalue weighted by molar-refractivity contribution is -0.139. The zero-order valence-corrected chi connectivity index (χ0v) is 12.7. The van der Waals surface area contributed by atoms with E-state index < -0.39 is 6.10 Å². The summed E-state index contributed by atoms with van der Waals surface area (Å²) in [5.41, 5.74) is 0.731. The fourth-order valence-corrected chi connectivity index (χ4v) is 3.29. The van der Waals surface area contributed by atoms with Gasteiger partial charge in [-0.3, -0.25) is 4.79 Å². The van der Waals surface area contributed by atoms with Crippen molar-refractivity contribution in [2.45, 2.75) is 38.3 Å². The van der Waals surface area contributed by atoms with Crippen LogP contribution >= 0.6 is 0 Å². The minimum absolute atomic E-state index is 0.105. The zero-order valence-electron chi connectivity index (χ0n) is 12.7. The van der Waals surface area contributed by atoms with Crippen LogP contribution in [0, 0.1) is 12.7 Å². The molecule has 1 aromatic carbocycles. The molecule has 0 saturated carbocycles. The Morgan fingerprint density at radius 1 is 1.43 bits per heavy atom. The summed E-state index contributed by atoms with van der Waals surface area (Å²) in [5, 5.41) is 3.94. The van der Waals surface area contributed by atoms with Gasteiger partial charge in [-0.2, -0.15) is 4.98 Å². The van der Waals surface area contributed by atoms with E-state index in [9.17, 15) is 9.18 Å². The van der Waals surface area contributed by atoms with Gasteiger partial charge in [0.1, 0.15) is 11.6 Å². The predicted molar refractivity (Wildman–Crippen MR) is 77.2 cm³/mol. The minimum Gasteiger partial charge on any atom is -0.480 e. The van der Waals surface area contributed by atoms with Crippen LogP contribution in [0.1, 0.15) is 36.2 Å². The van der Waals surface area contributed by atoms with E-state index >= 15 is 0 Å². The van der Waals surface area contributed by atoms with Crippen LogP contribution in [0.5, 0.6) is 5.75 Å². The Bertz CT molecular complexity index is 761. The molecule has 2 aliphatic rings. The van der Waals surface area contributed by atoms with E-state index in [4.69, 9.17) is 9.26 Å². The van der Waals surface area contributed by atoms with Gasteiger partial charge in [0.15, 0.2) is 11.9 Å². The maximum absolute atomic E-state index is 13.3. The van der Waals surface area contributed by atoms with Crippen LogP contribution in [0.2, 0.25) is 0 Å². The van der Waals surface area contributed by atoms with Crippen molar-refractivity contribution in [3.63, 3.8) is 0 Å². The highest BCUT2D eigenvalue weighted by Crippen LogP contribution is 2.34. The number of likely N-dealkylation sites (tertiary alicyclic amines) is 1. The molecule has 120 valence electrons. The van der Waals surface area contributed by atoms with Gasteiger partial charge in [-0.05, 0) is 31.0 Å². The minimum atomic E-state index is -0.611. The number of halogens is 1. The molecule has 0 aliphatic carbocycles. The fourth-order valence-electron chi connectivity index (χ4n) is 3.29. The lowest BCUT2D eigenvalue weighted by atomic mass is 10.1. The molecule has 0 N–H and O–H groups in total. The third kappa shape index (κ3) is 2.46. The second-order valence-corrected chi connectivity index (χ2v) is 5.92. The molecule has 1 aromatic heterocycles. The fraction of sp³-hybridized carbons (Fsp3) is 0.438. The van der Waals surface area contributed by atoms with E-state index in [0.717, 1.165) is 18.4 Å². The molecule has 1 fully saturated rings. The maximum Gasteiger partial charge on any atom is 0.264 e. The summed E-state index contributed by atoms with van der Waals surface area (Å²) < 4.78 is 24.0. The third-order valence-electron chi connectivity index (χ3n) is 4.35. The highest BCUT2D eigenvalue weighted by molar-refractivity contribution is 5.83. The van der Waals surface area contributed by atoms with Crippen molar-refractivity contribution >= 4 is 5.91 Å². The van der Waals surface area contributed by atoms with Gasteiger partial charge in [0.2, 0.25) is 5.89 Å². The number of aryl methyl sites for hydroxylation is 1. The number of aromatic nitrogens is 2. The average Bonchev–Trinajstić information content (AvgIpc) is 3.23. The zero-order chi connectivity index (χ0) is 16.0. The van der Waals surface area contributed by atoms with Crippen LogP contribution < -0.4 is 4.74 Å². The molecule has 1 saturated heterocycles. The first-order valence-electron chi connectivity index (χ1n) is 7.67. The highest BCUT2D eigenvalue weighted by atomic mass is 19.1. The summed E-state index contributed by atoms with van der Waals surface area (Å²) in [7, 11) is 0. The van der Waals surface area contributed by atoms with Gasteiger partial charge < -0.3 is 14.2 Å². The number of hydrogen-bond acceptors (Lipinski definition) is 5. The van der Waals surface area contributed by atoms with E-state index in [2.05, 4.69) is 10.1 Å². The summed E-state index contributed by atoms with van der Waals surface area (Å²) in [4.78, 5) is 18.8. The summed E-state index contributed by atoms with van der Waals surface area (Å²) >= 11 is 0. The standard InChI is InChI=1S/C16H16FN3O3/c1-9-18-15(19-23-9)12-3-2-6-20(12)16(21)14-8-10-7-11(17)4-5-13(10)22-14/h4-5,7,12,14H,2-3,6,8H2,1H3/t12-,14+/m0/s1. The summed E-state index contributed by atoms with van der Waals surface area (Å²) in [6, 6.07) is 4.16. The van der Waals surface area contributed by atoms with Crippen LogP contribution in [0.4, 0.5) is 4.39 Å². The number of ether oxygens (including phenoxy) is 1. The molecule has 0 spiro atoms. The number of fused-ring (bicyclic) bond motifs is 1. The van der Waals surface area contributed by atoms with Crippen molar-refractivity contribution < 1.29 is 18.4 Å². The van der Waals surface area contributed by atoms with Gasteiger partial charge in [-0.1, -0.05) is 5.16 Å². The maximum atomic E-state index is 13.3. The first kappa shape index (κ1) is 14.2. The van der Waals surface area contributed by atoms with Gasteiger partial charge in [-0.15, -0.1) is 0 Å². The Labute approximate surface area is 132 Å². The topological polar surface area (TPSA) is 68.5 Å². The molecular weight excluding hydrogens is 301 g/mol. The van der Waals surface area contributed by atoms with Crippen molar-refractivity contribution in [3.05, 3.63) is 41.3 Å². The molecule has 23 heavy (non-hydrogen) atoms. The van der Waals surface area contributed by atoms with Crippen molar-refractivity contribution in [2.75, 3.05) is 6.54 Å². The Morgan fingerprint density at radius 2 is 2.30 bits per heavy atom. The average molecular weight is 317 g/mol. The van der Waals surface area contributed by atoms with Crippen molar-refractivity contribution in [1.29, 1.82) is 0 Å². The van der Waals surface area contributed by atoms with Crippen LogP contribution in [0.25, 0.3) is 0 Å². The molecule has 3 heterocycles. The van der Waals surface area contributed by atoms with E-state index in [1.165, 1.54) is 12.1 Å². The van der Waals surface area contributed by atoms with Gasteiger partial charge in [0.25, 0.3) is 5.91 Å². The van der Waals surface area contributed by atoms with E-state index in [1.807, 2.05) is 0 Å². The van der Waals surface area contributed by atoms with Crippen molar-refractivity contribution in [3.8, 4) is 5.75 Å². The number of benzene rings is 1. The molecule has 2 atom stereocenters. The highest BCUT2D eigenvalue weighted by Gasteiger charge is 2.39. The summed E-state index contributed by atoms with van der Waals surface area (Å²) in [5.74, 6) is 1.18. The summed E-state index contributed by atoms with van der Waals surface area (Å²) in [6.45, 7) is 2.37. The number of hydrogen-bond donors (Lipinski definition) is 0. The lowest BCUT2D eigenvalue weighted by Crippen LogP contribution is -2.41. The van der Waals surface area contributed by atoms with Crippen LogP contribution in [0.3, 0.4) is 0 Å². The lowest BCUT2D eigenvalue weighted by Gasteiger charge is -2.25. The van der Waals surface area contributed by atoms with E-state index in [-0.39, 0.29) is 17.8 Å². The number of amides is 1. The first-order chi connectivity index (χ1) is 11.1. The number of rotatable bonds is 2. The van der Waals surface area contributed by atoms with Crippen molar-refractivity contribution in [1.82, 2.24) is 15.0 Å². The largest absolute Gasteiger partial charge is 0.480 e. The third-order valence-corrected chi connectivity index (χ3v) is 4.35. The van der Waals surface area contributed by atoms with Crippen molar-refractivity contribution in [2.24, 2.45) is 0 Å². The number of carbonyl (C=O) groups excluding carboxylic acids is 1. The molecule has 7 heteroatoms. The molecule has 4 rings (SSSR count). The van der Waals surface area contributed by atoms with Crippen LogP contribution in [0.15, 0.2) is 22.7 Å². The predicted octanol–water partition coefficient (Wildman–Crippen LogP) is 2.18. The molecule has 1 amide bonds. The molecule has 0 unspecified atom stereocenters. The molecule has 2 aliphatic heterocycles. The van der Waals surface area contributed by atoms with Crippen LogP contribution in [-0.4, -0.2) is 33.6 Å². The normalized spacial score (nSPS) is 23.0. The number of carbonyl (C=O) groups is 1. The Morgan fingerprint density at radius 3 is 3.09 bits per heavy atom. The van der Waals surface area contributed by atoms with Gasteiger partial charge in [0, 0.05) is 25.5 Å². The van der Waals surface area contributed by atoms with E-state index in [0.29, 0.717) is 30.4 Å². The Balaban J connectivity index is 1.53. The first-order valence-corrected chi connectivity index (χ1v) is 7.67. The second kappa shape index (κ2) is 5.33. The Kier molecular flexibility index (Phi) is 3.28. The smallest absolute Gasteiger partial charge is 0.264 e. The van der Waals surface area contributed by atoms with Gasteiger partial charge >= 0.3 is 0 Å². The Hall–Kier alpha value is -2.44. The molecule has 0 bridgehead atoms. The second-order valence-electron chi connectivity index (χ2n) is 5.92. The molecular formula is C16H16FN3O3. The van der Waals surface area contributed by atoms with Crippen LogP contribution in [-0.2, 0) is 11.2 Å². The molecule has 6 nitrogen and oxygen atoms in total. The SMILES string of the molecule is Cc1nc([C@@H]2CCCN2C(=O)[C@H]2Cc3cc(F)ccc3O2)no1. The van der Waals surface area contributed by atoms with Gasteiger partial charge in [-0.25, -0.2) is 4.39 Å². The quantitative estimate of drug-likeness (QED) is 0.849. The summed E-state index contributed by atoms with van der Waals surface area (Å²) in [6.07, 6.45) is 1.47. The molecule has 0 radical (unpaired) electrons. The number of nitrogens with zero attached hydrogens (tertiary/aromatic N) is 3.